The standard InChI is InChI=1S/C15H25N3O/c1-2-8-16-15-12-14(7-9-17-15)18(10-11-19)13-5-3-4-6-13/h7,9,12-13,19H,2-6,8,10-11H2,1H3,(H,16,17). The van der Waals surface area contributed by atoms with E-state index in [2.05, 4.69) is 28.2 Å². The van der Waals surface area contributed by atoms with Crippen LogP contribution in [0.1, 0.15) is 39.0 Å². The highest BCUT2D eigenvalue weighted by Crippen LogP contribution is 2.28. The molecule has 4 heteroatoms. The highest BCUT2D eigenvalue weighted by atomic mass is 16.3. The summed E-state index contributed by atoms with van der Waals surface area (Å²) in [6, 6.07) is 4.72. The fraction of sp³-hybridized carbons (Fsp3) is 0.667. The Balaban J connectivity index is 2.11. The topological polar surface area (TPSA) is 48.4 Å². The van der Waals surface area contributed by atoms with Crippen molar-refractivity contribution in [2.75, 3.05) is 29.9 Å². The van der Waals surface area contributed by atoms with Gasteiger partial charge in [0, 0.05) is 37.1 Å². The highest BCUT2D eigenvalue weighted by molar-refractivity contribution is 5.54. The summed E-state index contributed by atoms with van der Waals surface area (Å²) < 4.78 is 0. The lowest BCUT2D eigenvalue weighted by Crippen LogP contribution is -2.35. The van der Waals surface area contributed by atoms with Crippen LogP contribution in [-0.4, -0.2) is 35.8 Å². The van der Waals surface area contributed by atoms with Gasteiger partial charge < -0.3 is 15.3 Å². The van der Waals surface area contributed by atoms with Gasteiger partial charge in [-0.05, 0) is 25.3 Å². The van der Waals surface area contributed by atoms with Gasteiger partial charge in [0.2, 0.25) is 0 Å². The number of nitrogens with one attached hydrogen (secondary N) is 1. The zero-order chi connectivity index (χ0) is 13.5. The van der Waals surface area contributed by atoms with Crippen LogP contribution in [0.3, 0.4) is 0 Å². The minimum absolute atomic E-state index is 0.205. The summed E-state index contributed by atoms with van der Waals surface area (Å²) in [5.41, 5.74) is 1.18. The van der Waals surface area contributed by atoms with Crippen LogP contribution in [0.25, 0.3) is 0 Å². The van der Waals surface area contributed by atoms with Crippen LogP contribution in [0.5, 0.6) is 0 Å². The molecule has 0 radical (unpaired) electrons. The fourth-order valence-corrected chi connectivity index (χ4v) is 2.79. The predicted octanol–water partition coefficient (Wildman–Crippen LogP) is 2.64. The van der Waals surface area contributed by atoms with E-state index in [0.717, 1.165) is 18.8 Å². The molecule has 106 valence electrons. The molecule has 1 aromatic heterocycles. The van der Waals surface area contributed by atoms with Crippen LogP contribution in [0, 0.1) is 0 Å². The molecule has 0 atom stereocenters. The normalized spacial score (nSPS) is 15.7. The number of aromatic nitrogens is 1. The van der Waals surface area contributed by atoms with Crippen molar-refractivity contribution in [2.45, 2.75) is 45.1 Å². The number of anilines is 2. The molecule has 0 unspecified atom stereocenters. The monoisotopic (exact) mass is 263 g/mol. The Morgan fingerprint density at radius 3 is 2.89 bits per heavy atom. The molecule has 1 saturated carbocycles. The van der Waals surface area contributed by atoms with Gasteiger partial charge in [-0.1, -0.05) is 19.8 Å². The van der Waals surface area contributed by atoms with Crippen LogP contribution < -0.4 is 10.2 Å². The molecule has 1 aliphatic carbocycles. The molecule has 0 saturated heterocycles. The summed E-state index contributed by atoms with van der Waals surface area (Å²) in [5.74, 6) is 0.931. The van der Waals surface area contributed by atoms with Gasteiger partial charge in [0.1, 0.15) is 5.82 Å². The van der Waals surface area contributed by atoms with Gasteiger partial charge in [0.15, 0.2) is 0 Å². The van der Waals surface area contributed by atoms with Gasteiger partial charge in [-0.15, -0.1) is 0 Å². The Kier molecular flexibility index (Phi) is 5.45. The Morgan fingerprint density at radius 2 is 2.21 bits per heavy atom. The summed E-state index contributed by atoms with van der Waals surface area (Å²) in [5, 5.41) is 12.6. The van der Waals surface area contributed by atoms with E-state index in [9.17, 15) is 5.11 Å². The molecule has 0 aromatic carbocycles. The summed E-state index contributed by atoms with van der Waals surface area (Å²) in [6.45, 7) is 4.01. The third-order valence-corrected chi connectivity index (χ3v) is 3.74. The van der Waals surface area contributed by atoms with Crippen LogP contribution in [0.15, 0.2) is 18.3 Å². The second-order valence-corrected chi connectivity index (χ2v) is 5.18. The van der Waals surface area contributed by atoms with E-state index in [1.165, 1.54) is 31.4 Å². The number of pyridine rings is 1. The molecule has 1 aromatic rings. The van der Waals surface area contributed by atoms with Crippen LogP contribution >= 0.6 is 0 Å². The zero-order valence-electron chi connectivity index (χ0n) is 11.8. The third kappa shape index (κ3) is 3.83. The first-order valence-electron chi connectivity index (χ1n) is 7.42. The van der Waals surface area contributed by atoms with E-state index in [1.54, 1.807) is 0 Å². The molecule has 0 aliphatic heterocycles. The Labute approximate surface area is 115 Å². The summed E-state index contributed by atoms with van der Waals surface area (Å²) in [6.07, 6.45) is 8.03. The second kappa shape index (κ2) is 7.34. The molecule has 2 rings (SSSR count). The molecule has 0 amide bonds. The fourth-order valence-electron chi connectivity index (χ4n) is 2.79. The van der Waals surface area contributed by atoms with Crippen LogP contribution in [-0.2, 0) is 0 Å². The summed E-state index contributed by atoms with van der Waals surface area (Å²) in [7, 11) is 0. The number of nitrogens with zero attached hydrogens (tertiary/aromatic N) is 2. The van der Waals surface area contributed by atoms with Crippen molar-refractivity contribution in [3.63, 3.8) is 0 Å². The van der Waals surface area contributed by atoms with Gasteiger partial charge in [0.25, 0.3) is 0 Å². The van der Waals surface area contributed by atoms with Crippen molar-refractivity contribution in [1.29, 1.82) is 0 Å². The van der Waals surface area contributed by atoms with E-state index in [1.807, 2.05) is 12.3 Å². The number of hydrogen-bond donors (Lipinski definition) is 2. The number of aliphatic hydroxyl groups is 1. The summed E-state index contributed by atoms with van der Waals surface area (Å²) >= 11 is 0. The Morgan fingerprint density at radius 1 is 1.42 bits per heavy atom. The molecule has 1 fully saturated rings. The van der Waals surface area contributed by atoms with Crippen molar-refractivity contribution < 1.29 is 5.11 Å². The predicted molar refractivity (Wildman–Crippen MR) is 79.7 cm³/mol. The van der Waals surface area contributed by atoms with Gasteiger partial charge in [-0.3, -0.25) is 0 Å². The second-order valence-electron chi connectivity index (χ2n) is 5.18. The number of aliphatic hydroxyl groups excluding tert-OH is 1. The van der Waals surface area contributed by atoms with Gasteiger partial charge >= 0.3 is 0 Å². The van der Waals surface area contributed by atoms with Crippen molar-refractivity contribution in [3.05, 3.63) is 18.3 Å². The minimum atomic E-state index is 0.205. The molecular weight excluding hydrogens is 238 g/mol. The number of rotatable bonds is 7. The smallest absolute Gasteiger partial charge is 0.127 e. The van der Waals surface area contributed by atoms with Gasteiger partial charge in [-0.25, -0.2) is 4.98 Å². The maximum absolute atomic E-state index is 9.30. The highest BCUT2D eigenvalue weighted by Gasteiger charge is 2.22. The van der Waals surface area contributed by atoms with E-state index in [4.69, 9.17) is 0 Å². The van der Waals surface area contributed by atoms with Crippen molar-refractivity contribution in [2.24, 2.45) is 0 Å². The summed E-state index contributed by atoms with van der Waals surface area (Å²) in [4.78, 5) is 6.68. The number of hydrogen-bond acceptors (Lipinski definition) is 4. The lowest BCUT2D eigenvalue weighted by molar-refractivity contribution is 0.297. The van der Waals surface area contributed by atoms with E-state index >= 15 is 0 Å². The van der Waals surface area contributed by atoms with Gasteiger partial charge in [-0.2, -0.15) is 0 Å². The first-order chi connectivity index (χ1) is 9.35. The molecule has 2 N–H and O–H groups in total. The first kappa shape index (κ1) is 14.1. The molecule has 4 nitrogen and oxygen atoms in total. The average Bonchev–Trinajstić information content (AvgIpc) is 2.96. The lowest BCUT2D eigenvalue weighted by atomic mass is 10.2. The molecular formula is C15H25N3O. The quantitative estimate of drug-likeness (QED) is 0.794. The zero-order valence-corrected chi connectivity index (χ0v) is 11.8. The maximum Gasteiger partial charge on any atom is 0.127 e. The maximum atomic E-state index is 9.30. The lowest BCUT2D eigenvalue weighted by Gasteiger charge is -2.30. The van der Waals surface area contributed by atoms with Crippen LogP contribution in [0.4, 0.5) is 11.5 Å². The Hall–Kier alpha value is -1.29. The van der Waals surface area contributed by atoms with Gasteiger partial charge in [0.05, 0.1) is 6.61 Å². The van der Waals surface area contributed by atoms with E-state index in [-0.39, 0.29) is 6.61 Å². The molecule has 0 spiro atoms. The molecule has 1 heterocycles. The molecule has 1 aliphatic rings. The minimum Gasteiger partial charge on any atom is -0.395 e. The van der Waals surface area contributed by atoms with E-state index < -0.39 is 0 Å². The third-order valence-electron chi connectivity index (χ3n) is 3.74. The van der Waals surface area contributed by atoms with E-state index in [0.29, 0.717) is 12.6 Å². The average molecular weight is 263 g/mol. The molecule has 0 bridgehead atoms. The Bertz CT molecular complexity index is 377. The van der Waals surface area contributed by atoms with Crippen molar-refractivity contribution >= 4 is 11.5 Å². The largest absolute Gasteiger partial charge is 0.395 e. The molecule has 19 heavy (non-hydrogen) atoms. The van der Waals surface area contributed by atoms with Crippen molar-refractivity contribution in [3.8, 4) is 0 Å². The first-order valence-corrected chi connectivity index (χ1v) is 7.42. The SMILES string of the molecule is CCCNc1cc(N(CCO)C2CCCC2)ccn1. The van der Waals surface area contributed by atoms with Crippen LogP contribution in [0.2, 0.25) is 0 Å². The van der Waals surface area contributed by atoms with Crippen molar-refractivity contribution in [1.82, 2.24) is 4.98 Å².